The highest BCUT2D eigenvalue weighted by molar-refractivity contribution is 5.68. The van der Waals surface area contributed by atoms with Gasteiger partial charge in [0, 0.05) is 26.1 Å². The highest BCUT2D eigenvalue weighted by Gasteiger charge is 2.12. The van der Waals surface area contributed by atoms with Crippen LogP contribution < -0.4 is 0 Å². The third-order valence-corrected chi connectivity index (χ3v) is 8.35. The molecule has 246 valence electrons. The number of nitrogens with zero attached hydrogens (tertiary/aromatic N) is 2. The van der Waals surface area contributed by atoms with Gasteiger partial charge < -0.3 is 14.8 Å². The van der Waals surface area contributed by atoms with E-state index in [1.54, 1.807) is 0 Å². The van der Waals surface area contributed by atoms with E-state index < -0.39 is 0 Å². The molecule has 5 nitrogen and oxygen atoms in total. The Balaban J connectivity index is 4.07. The van der Waals surface area contributed by atoms with Gasteiger partial charge in [-0.05, 0) is 45.2 Å². The van der Waals surface area contributed by atoms with E-state index in [1.165, 1.54) is 128 Å². The van der Waals surface area contributed by atoms with Crippen molar-refractivity contribution >= 4 is 5.97 Å². The van der Waals surface area contributed by atoms with Gasteiger partial charge in [0.15, 0.2) is 0 Å². The molecule has 0 aromatic heterocycles. The molecule has 0 aliphatic rings. The molecule has 0 heterocycles. The zero-order chi connectivity index (χ0) is 30.1. The van der Waals surface area contributed by atoms with Crippen molar-refractivity contribution in [2.45, 2.75) is 188 Å². The van der Waals surface area contributed by atoms with Crippen LogP contribution in [0.4, 0.5) is 0 Å². The third-order valence-electron chi connectivity index (χ3n) is 8.35. The SMILES string of the molecule is CCCCCCCCCCCCN(CCO)CCCCCC(=O)ON(CCCCCCCC)CCCCCCCC. The number of hydroxylamine groups is 2. The van der Waals surface area contributed by atoms with Crippen molar-refractivity contribution in [3.8, 4) is 0 Å². The van der Waals surface area contributed by atoms with Crippen LogP contribution in [-0.2, 0) is 9.63 Å². The average Bonchev–Trinajstić information content (AvgIpc) is 2.97. The van der Waals surface area contributed by atoms with Crippen LogP contribution in [-0.4, -0.2) is 60.4 Å². The van der Waals surface area contributed by atoms with Crippen LogP contribution in [0.1, 0.15) is 188 Å². The van der Waals surface area contributed by atoms with E-state index in [0.29, 0.717) is 6.42 Å². The Kier molecular flexibility index (Phi) is 33.3. The van der Waals surface area contributed by atoms with Crippen molar-refractivity contribution < 1.29 is 14.7 Å². The predicted molar refractivity (Wildman–Crippen MR) is 178 cm³/mol. The van der Waals surface area contributed by atoms with Crippen molar-refractivity contribution in [1.82, 2.24) is 9.96 Å². The molecule has 1 N–H and O–H groups in total. The molecule has 5 heteroatoms. The van der Waals surface area contributed by atoms with E-state index in [0.717, 1.165) is 64.8 Å². The molecular formula is C36H74N2O3. The van der Waals surface area contributed by atoms with Gasteiger partial charge in [0.2, 0.25) is 0 Å². The van der Waals surface area contributed by atoms with E-state index >= 15 is 0 Å². The largest absolute Gasteiger partial charge is 0.395 e. The first-order chi connectivity index (χ1) is 20.2. The summed E-state index contributed by atoms with van der Waals surface area (Å²) in [6.07, 6.45) is 32.3. The molecule has 0 fully saturated rings. The van der Waals surface area contributed by atoms with Gasteiger partial charge in [-0.25, -0.2) is 0 Å². The van der Waals surface area contributed by atoms with Crippen LogP contribution in [0.3, 0.4) is 0 Å². The zero-order valence-electron chi connectivity index (χ0n) is 28.3. The Bertz CT molecular complexity index is 501. The number of hydrogen-bond acceptors (Lipinski definition) is 5. The average molecular weight is 583 g/mol. The zero-order valence-corrected chi connectivity index (χ0v) is 28.3. The molecule has 0 aliphatic heterocycles. The number of carbonyl (C=O) groups is 1. The van der Waals surface area contributed by atoms with Gasteiger partial charge in [-0.1, -0.05) is 149 Å². The lowest BCUT2D eigenvalue weighted by Gasteiger charge is -2.22. The molecule has 0 spiro atoms. The van der Waals surface area contributed by atoms with Crippen molar-refractivity contribution in [3.05, 3.63) is 0 Å². The lowest BCUT2D eigenvalue weighted by Crippen LogP contribution is -2.30. The maximum Gasteiger partial charge on any atom is 0.325 e. The Morgan fingerprint density at radius 2 is 0.805 bits per heavy atom. The summed E-state index contributed by atoms with van der Waals surface area (Å²) in [6.45, 7) is 11.7. The predicted octanol–water partition coefficient (Wildman–Crippen LogP) is 10.2. The van der Waals surface area contributed by atoms with Gasteiger partial charge in [-0.15, -0.1) is 5.06 Å². The number of rotatable bonds is 34. The molecule has 0 unspecified atom stereocenters. The first kappa shape index (κ1) is 40.4. The maximum absolute atomic E-state index is 12.6. The van der Waals surface area contributed by atoms with Gasteiger partial charge in [0.05, 0.1) is 6.61 Å². The standard InChI is InChI=1S/C36H74N2O3/c1-4-7-10-13-16-17-18-19-20-25-30-37(34-35-39)31-26-23-24-29-36(40)41-38(32-27-21-14-11-8-5-2)33-28-22-15-12-9-6-3/h39H,4-35H2,1-3H3. The monoisotopic (exact) mass is 583 g/mol. The molecule has 0 atom stereocenters. The molecule has 0 aromatic carbocycles. The fourth-order valence-corrected chi connectivity index (χ4v) is 5.61. The maximum atomic E-state index is 12.6. The summed E-state index contributed by atoms with van der Waals surface area (Å²) in [4.78, 5) is 20.9. The Morgan fingerprint density at radius 1 is 0.463 bits per heavy atom. The number of unbranched alkanes of at least 4 members (excludes halogenated alkanes) is 21. The van der Waals surface area contributed by atoms with Gasteiger partial charge in [0.25, 0.3) is 0 Å². The Morgan fingerprint density at radius 3 is 1.20 bits per heavy atom. The minimum absolute atomic E-state index is 0.0560. The fourth-order valence-electron chi connectivity index (χ4n) is 5.61. The second-order valence-corrected chi connectivity index (χ2v) is 12.5. The summed E-state index contributed by atoms with van der Waals surface area (Å²) in [7, 11) is 0. The molecular weight excluding hydrogens is 508 g/mol. The quantitative estimate of drug-likeness (QED) is 0.0604. The molecule has 0 amide bonds. The molecule has 0 aliphatic carbocycles. The van der Waals surface area contributed by atoms with Crippen LogP contribution >= 0.6 is 0 Å². The van der Waals surface area contributed by atoms with Crippen LogP contribution in [0.2, 0.25) is 0 Å². The van der Waals surface area contributed by atoms with Crippen LogP contribution in [0.15, 0.2) is 0 Å². The first-order valence-electron chi connectivity index (χ1n) is 18.5. The second kappa shape index (κ2) is 33.8. The highest BCUT2D eigenvalue weighted by Crippen LogP contribution is 2.13. The second-order valence-electron chi connectivity index (χ2n) is 12.5. The van der Waals surface area contributed by atoms with E-state index in [9.17, 15) is 9.90 Å². The highest BCUT2D eigenvalue weighted by atomic mass is 16.7. The van der Waals surface area contributed by atoms with Gasteiger partial charge in [0.1, 0.15) is 0 Å². The van der Waals surface area contributed by atoms with Crippen LogP contribution in [0, 0.1) is 0 Å². The normalized spacial score (nSPS) is 11.7. The fraction of sp³-hybridized carbons (Fsp3) is 0.972. The molecule has 0 saturated heterocycles. The number of carbonyl (C=O) groups excluding carboxylic acids is 1. The van der Waals surface area contributed by atoms with Gasteiger partial charge >= 0.3 is 5.97 Å². The molecule has 0 aromatic rings. The first-order valence-corrected chi connectivity index (χ1v) is 18.5. The number of hydrogen-bond donors (Lipinski definition) is 1. The molecule has 41 heavy (non-hydrogen) atoms. The minimum atomic E-state index is -0.0560. The number of aliphatic hydroxyl groups is 1. The van der Waals surface area contributed by atoms with Crippen molar-refractivity contribution in [2.24, 2.45) is 0 Å². The summed E-state index contributed by atoms with van der Waals surface area (Å²) in [6, 6.07) is 0. The van der Waals surface area contributed by atoms with E-state index in [1.807, 2.05) is 5.06 Å². The molecule has 0 bridgehead atoms. The molecule has 0 saturated carbocycles. The van der Waals surface area contributed by atoms with Crippen molar-refractivity contribution in [1.29, 1.82) is 0 Å². The third kappa shape index (κ3) is 30.6. The van der Waals surface area contributed by atoms with Crippen LogP contribution in [0.25, 0.3) is 0 Å². The van der Waals surface area contributed by atoms with E-state index in [2.05, 4.69) is 25.7 Å². The van der Waals surface area contributed by atoms with Crippen molar-refractivity contribution in [2.75, 3.05) is 39.3 Å². The van der Waals surface area contributed by atoms with Gasteiger partial charge in [-0.2, -0.15) is 0 Å². The van der Waals surface area contributed by atoms with Crippen molar-refractivity contribution in [3.63, 3.8) is 0 Å². The molecule has 0 radical (unpaired) electrons. The lowest BCUT2D eigenvalue weighted by atomic mass is 10.1. The topological polar surface area (TPSA) is 53.0 Å². The minimum Gasteiger partial charge on any atom is -0.395 e. The smallest absolute Gasteiger partial charge is 0.325 e. The summed E-state index contributed by atoms with van der Waals surface area (Å²) in [5.41, 5.74) is 0. The lowest BCUT2D eigenvalue weighted by molar-refractivity contribution is -0.191. The Labute approximate surface area is 257 Å². The molecule has 0 rings (SSSR count). The summed E-state index contributed by atoms with van der Waals surface area (Å²) in [5.74, 6) is -0.0560. The summed E-state index contributed by atoms with van der Waals surface area (Å²) < 4.78 is 0. The van der Waals surface area contributed by atoms with Gasteiger partial charge in [-0.3, -0.25) is 4.79 Å². The van der Waals surface area contributed by atoms with Crippen LogP contribution in [0.5, 0.6) is 0 Å². The summed E-state index contributed by atoms with van der Waals surface area (Å²) in [5, 5.41) is 11.5. The number of aliphatic hydroxyl groups excluding tert-OH is 1. The van der Waals surface area contributed by atoms with E-state index in [4.69, 9.17) is 4.84 Å². The Hall–Kier alpha value is -0.650. The summed E-state index contributed by atoms with van der Waals surface area (Å²) >= 11 is 0. The van der Waals surface area contributed by atoms with E-state index in [-0.39, 0.29) is 12.6 Å².